The normalized spacial score (nSPS) is 18.9. The van der Waals surface area contributed by atoms with E-state index in [1.165, 1.54) is 0 Å². The molecule has 0 aromatic heterocycles. The molecule has 2 aromatic rings. The summed E-state index contributed by atoms with van der Waals surface area (Å²) in [5.41, 5.74) is 1.43. The number of carbonyl (C=O) groups excluding carboxylic acids is 2. The lowest BCUT2D eigenvalue weighted by Crippen LogP contribution is -2.45. The SMILES string of the molecule is CN1C(=O)[C@@](CC(=O)NCC(C)(C)CO)(Cc2ccccc2)c2ccccc21. The van der Waals surface area contributed by atoms with Crippen molar-refractivity contribution in [1.29, 1.82) is 0 Å². The van der Waals surface area contributed by atoms with Crippen LogP contribution >= 0.6 is 0 Å². The molecule has 0 spiro atoms. The van der Waals surface area contributed by atoms with E-state index in [1.54, 1.807) is 11.9 Å². The summed E-state index contributed by atoms with van der Waals surface area (Å²) in [6.45, 7) is 4.11. The monoisotopic (exact) mass is 380 g/mol. The summed E-state index contributed by atoms with van der Waals surface area (Å²) >= 11 is 0. The molecule has 0 unspecified atom stereocenters. The predicted molar refractivity (Wildman–Crippen MR) is 110 cm³/mol. The highest BCUT2D eigenvalue weighted by Crippen LogP contribution is 2.45. The van der Waals surface area contributed by atoms with Gasteiger partial charge in [0.1, 0.15) is 0 Å². The van der Waals surface area contributed by atoms with Crippen LogP contribution in [0.25, 0.3) is 0 Å². The summed E-state index contributed by atoms with van der Waals surface area (Å²) in [4.78, 5) is 27.9. The third-order valence-corrected chi connectivity index (χ3v) is 5.50. The van der Waals surface area contributed by atoms with Gasteiger partial charge >= 0.3 is 0 Å². The maximum atomic E-state index is 13.4. The molecule has 28 heavy (non-hydrogen) atoms. The molecule has 0 bridgehead atoms. The lowest BCUT2D eigenvalue weighted by atomic mass is 9.73. The Morgan fingerprint density at radius 3 is 2.43 bits per heavy atom. The van der Waals surface area contributed by atoms with E-state index in [4.69, 9.17) is 0 Å². The molecule has 2 aromatic carbocycles. The molecular weight excluding hydrogens is 352 g/mol. The van der Waals surface area contributed by atoms with Crippen LogP contribution < -0.4 is 10.2 Å². The Morgan fingerprint density at radius 2 is 1.75 bits per heavy atom. The van der Waals surface area contributed by atoms with E-state index < -0.39 is 10.8 Å². The fourth-order valence-electron chi connectivity index (χ4n) is 3.80. The topological polar surface area (TPSA) is 69.6 Å². The standard InChI is InChI=1S/C23H28N2O3/c1-22(2,16-26)15-24-20(27)14-23(13-17-9-5-4-6-10-17)18-11-7-8-12-19(18)25(3)21(23)28/h4-12,26H,13-16H2,1-3H3,(H,24,27)/t23-/m1/s1. The van der Waals surface area contributed by atoms with Crippen LogP contribution in [0.4, 0.5) is 5.69 Å². The highest BCUT2D eigenvalue weighted by atomic mass is 16.3. The number of anilines is 1. The molecule has 1 heterocycles. The Bertz CT molecular complexity index is 863. The second-order valence-electron chi connectivity index (χ2n) is 8.40. The van der Waals surface area contributed by atoms with E-state index in [-0.39, 0.29) is 24.8 Å². The number of nitrogens with zero attached hydrogens (tertiary/aromatic N) is 1. The van der Waals surface area contributed by atoms with Gasteiger partial charge in [0, 0.05) is 37.7 Å². The van der Waals surface area contributed by atoms with Gasteiger partial charge in [-0.1, -0.05) is 62.4 Å². The highest BCUT2D eigenvalue weighted by Gasteiger charge is 2.50. The molecule has 0 saturated carbocycles. The van der Waals surface area contributed by atoms with Crippen molar-refractivity contribution in [1.82, 2.24) is 5.32 Å². The van der Waals surface area contributed by atoms with Crippen molar-refractivity contribution >= 4 is 17.5 Å². The van der Waals surface area contributed by atoms with Gasteiger partial charge in [0.05, 0.1) is 5.41 Å². The first-order valence-corrected chi connectivity index (χ1v) is 9.58. The number of amides is 2. The number of carbonyl (C=O) groups is 2. The van der Waals surface area contributed by atoms with Crippen molar-refractivity contribution in [3.63, 3.8) is 0 Å². The number of hydrogen-bond donors (Lipinski definition) is 2. The van der Waals surface area contributed by atoms with Gasteiger partial charge in [0.2, 0.25) is 11.8 Å². The van der Waals surface area contributed by atoms with E-state index in [0.717, 1.165) is 16.8 Å². The number of rotatable bonds is 7. The van der Waals surface area contributed by atoms with E-state index in [2.05, 4.69) is 5.32 Å². The number of aliphatic hydroxyl groups is 1. The quantitative estimate of drug-likeness (QED) is 0.776. The highest BCUT2D eigenvalue weighted by molar-refractivity contribution is 6.09. The Hall–Kier alpha value is -2.66. The zero-order chi connectivity index (χ0) is 20.4. The number of likely N-dealkylation sites (N-methyl/N-ethyl adjacent to an activating group) is 1. The summed E-state index contributed by atoms with van der Waals surface area (Å²) in [7, 11) is 1.76. The summed E-state index contributed by atoms with van der Waals surface area (Å²) in [5.74, 6) is -0.245. The summed E-state index contributed by atoms with van der Waals surface area (Å²) in [5, 5.41) is 12.3. The van der Waals surface area contributed by atoms with Gasteiger partial charge in [-0.3, -0.25) is 9.59 Å². The van der Waals surface area contributed by atoms with Gasteiger partial charge in [-0.25, -0.2) is 0 Å². The Balaban J connectivity index is 1.95. The Morgan fingerprint density at radius 1 is 1.11 bits per heavy atom. The summed E-state index contributed by atoms with van der Waals surface area (Å²) in [6.07, 6.45) is 0.536. The average molecular weight is 380 g/mol. The third-order valence-electron chi connectivity index (χ3n) is 5.50. The van der Waals surface area contributed by atoms with Gasteiger partial charge < -0.3 is 15.3 Å². The van der Waals surface area contributed by atoms with E-state index in [9.17, 15) is 14.7 Å². The van der Waals surface area contributed by atoms with Gasteiger partial charge in [0.25, 0.3) is 0 Å². The van der Waals surface area contributed by atoms with Crippen LogP contribution in [-0.4, -0.2) is 37.1 Å². The van der Waals surface area contributed by atoms with Gasteiger partial charge in [-0.2, -0.15) is 0 Å². The molecular formula is C23H28N2O3. The third kappa shape index (κ3) is 3.80. The van der Waals surface area contributed by atoms with Crippen LogP contribution in [0.1, 0.15) is 31.4 Å². The van der Waals surface area contributed by atoms with Crippen LogP contribution in [0.5, 0.6) is 0 Å². The Kier molecular flexibility index (Phi) is 5.57. The summed E-state index contributed by atoms with van der Waals surface area (Å²) in [6, 6.07) is 17.5. The van der Waals surface area contributed by atoms with Crippen molar-refractivity contribution in [2.45, 2.75) is 32.1 Å². The van der Waals surface area contributed by atoms with Crippen molar-refractivity contribution < 1.29 is 14.7 Å². The van der Waals surface area contributed by atoms with Crippen molar-refractivity contribution in [3.8, 4) is 0 Å². The first kappa shape index (κ1) is 20.1. The van der Waals surface area contributed by atoms with Gasteiger partial charge in [-0.15, -0.1) is 0 Å². The number of para-hydroxylation sites is 1. The number of aliphatic hydroxyl groups excluding tert-OH is 1. The van der Waals surface area contributed by atoms with Crippen molar-refractivity contribution in [3.05, 3.63) is 65.7 Å². The van der Waals surface area contributed by atoms with Crippen LogP contribution in [-0.2, 0) is 21.4 Å². The Labute approximate surface area is 166 Å². The molecule has 2 N–H and O–H groups in total. The lowest BCUT2D eigenvalue weighted by Gasteiger charge is -2.29. The fraction of sp³-hybridized carbons (Fsp3) is 0.391. The minimum absolute atomic E-state index is 0.0209. The second kappa shape index (κ2) is 7.76. The van der Waals surface area contributed by atoms with Crippen LogP contribution in [0.3, 0.4) is 0 Å². The summed E-state index contributed by atoms with van der Waals surface area (Å²) < 4.78 is 0. The molecule has 5 heteroatoms. The van der Waals surface area contributed by atoms with Crippen LogP contribution in [0, 0.1) is 5.41 Å². The molecule has 0 aliphatic carbocycles. The minimum atomic E-state index is -0.930. The molecule has 1 aliphatic rings. The largest absolute Gasteiger partial charge is 0.396 e. The van der Waals surface area contributed by atoms with Gasteiger partial charge in [-0.05, 0) is 23.6 Å². The first-order chi connectivity index (χ1) is 13.3. The van der Waals surface area contributed by atoms with Crippen LogP contribution in [0.15, 0.2) is 54.6 Å². The van der Waals surface area contributed by atoms with E-state index in [0.29, 0.717) is 13.0 Å². The number of fused-ring (bicyclic) bond motifs is 1. The molecule has 1 aliphatic heterocycles. The minimum Gasteiger partial charge on any atom is -0.396 e. The van der Waals surface area contributed by atoms with Crippen molar-refractivity contribution in [2.75, 3.05) is 25.1 Å². The van der Waals surface area contributed by atoms with E-state index in [1.807, 2.05) is 68.4 Å². The molecule has 2 amide bonds. The molecule has 5 nitrogen and oxygen atoms in total. The second-order valence-corrected chi connectivity index (χ2v) is 8.40. The molecule has 0 radical (unpaired) electrons. The molecule has 1 atom stereocenters. The zero-order valence-corrected chi connectivity index (χ0v) is 16.7. The molecule has 0 saturated heterocycles. The molecule has 3 rings (SSSR count). The van der Waals surface area contributed by atoms with Crippen LogP contribution in [0.2, 0.25) is 0 Å². The average Bonchev–Trinajstić information content (AvgIpc) is 2.90. The first-order valence-electron chi connectivity index (χ1n) is 9.58. The van der Waals surface area contributed by atoms with Crippen molar-refractivity contribution in [2.24, 2.45) is 5.41 Å². The number of nitrogens with one attached hydrogen (secondary N) is 1. The molecule has 148 valence electrons. The maximum absolute atomic E-state index is 13.4. The molecule has 0 fully saturated rings. The fourth-order valence-corrected chi connectivity index (χ4v) is 3.80. The van der Waals surface area contributed by atoms with E-state index >= 15 is 0 Å². The van der Waals surface area contributed by atoms with Gasteiger partial charge in [0.15, 0.2) is 0 Å². The smallest absolute Gasteiger partial charge is 0.238 e. The predicted octanol–water partition coefficient (Wildman–Crippen LogP) is 2.67. The lowest BCUT2D eigenvalue weighted by molar-refractivity contribution is -0.129. The zero-order valence-electron chi connectivity index (χ0n) is 16.7. The maximum Gasteiger partial charge on any atom is 0.238 e. The number of benzene rings is 2. The number of hydrogen-bond acceptors (Lipinski definition) is 3.